The first-order valence-corrected chi connectivity index (χ1v) is 6.54. The maximum absolute atomic E-state index is 6.16. The van der Waals surface area contributed by atoms with Gasteiger partial charge in [0.05, 0.1) is 11.9 Å². The maximum atomic E-state index is 6.16. The van der Waals surface area contributed by atoms with Crippen LogP contribution in [0, 0.1) is 0 Å². The molecule has 0 aromatic carbocycles. The van der Waals surface area contributed by atoms with E-state index >= 15 is 0 Å². The molecule has 2 aromatic heterocycles. The van der Waals surface area contributed by atoms with Gasteiger partial charge in [-0.1, -0.05) is 32.4 Å². The SMILES string of the molecule is CCCn1cc(-c2ncnc(Cl)c2C(C)C)cn1. The van der Waals surface area contributed by atoms with Crippen molar-refractivity contribution in [3.8, 4) is 11.3 Å². The Bertz CT molecular complexity index is 534. The van der Waals surface area contributed by atoms with Gasteiger partial charge < -0.3 is 0 Å². The highest BCUT2D eigenvalue weighted by Crippen LogP contribution is 2.31. The maximum Gasteiger partial charge on any atom is 0.136 e. The lowest BCUT2D eigenvalue weighted by Gasteiger charge is -2.11. The van der Waals surface area contributed by atoms with E-state index in [9.17, 15) is 0 Å². The van der Waals surface area contributed by atoms with E-state index in [4.69, 9.17) is 11.6 Å². The molecule has 0 amide bonds. The third kappa shape index (κ3) is 2.53. The predicted octanol–water partition coefficient (Wildman–Crippen LogP) is 3.53. The van der Waals surface area contributed by atoms with Crippen LogP contribution in [0.15, 0.2) is 18.7 Å². The van der Waals surface area contributed by atoms with Gasteiger partial charge in [-0.15, -0.1) is 0 Å². The highest BCUT2D eigenvalue weighted by Gasteiger charge is 2.16. The van der Waals surface area contributed by atoms with Gasteiger partial charge in [0.1, 0.15) is 11.5 Å². The lowest BCUT2D eigenvalue weighted by atomic mass is 10.0. The molecule has 96 valence electrons. The van der Waals surface area contributed by atoms with E-state index in [1.807, 2.05) is 17.1 Å². The lowest BCUT2D eigenvalue weighted by Crippen LogP contribution is -1.99. The fourth-order valence-electron chi connectivity index (χ4n) is 1.95. The normalized spacial score (nSPS) is 11.2. The zero-order chi connectivity index (χ0) is 13.1. The summed E-state index contributed by atoms with van der Waals surface area (Å²) in [7, 11) is 0. The molecule has 0 unspecified atom stereocenters. The minimum Gasteiger partial charge on any atom is -0.272 e. The van der Waals surface area contributed by atoms with Crippen molar-refractivity contribution in [3.05, 3.63) is 29.4 Å². The van der Waals surface area contributed by atoms with Crippen molar-refractivity contribution >= 4 is 11.6 Å². The van der Waals surface area contributed by atoms with Gasteiger partial charge >= 0.3 is 0 Å². The Morgan fingerprint density at radius 2 is 2.11 bits per heavy atom. The van der Waals surface area contributed by atoms with Crippen molar-refractivity contribution in [2.24, 2.45) is 0 Å². The lowest BCUT2D eigenvalue weighted by molar-refractivity contribution is 0.603. The molecule has 0 bridgehead atoms. The zero-order valence-electron chi connectivity index (χ0n) is 10.9. The number of aromatic nitrogens is 4. The molecule has 0 aliphatic rings. The first kappa shape index (κ1) is 13.0. The van der Waals surface area contributed by atoms with Gasteiger partial charge in [-0.2, -0.15) is 5.10 Å². The number of halogens is 1. The van der Waals surface area contributed by atoms with Crippen LogP contribution in [0.5, 0.6) is 0 Å². The monoisotopic (exact) mass is 264 g/mol. The predicted molar refractivity (Wildman–Crippen MR) is 72.6 cm³/mol. The second-order valence-electron chi connectivity index (χ2n) is 4.57. The molecular formula is C13H17ClN4. The van der Waals surface area contributed by atoms with Gasteiger partial charge in [0.2, 0.25) is 0 Å². The van der Waals surface area contributed by atoms with Crippen LogP contribution in [0.1, 0.15) is 38.7 Å². The second-order valence-corrected chi connectivity index (χ2v) is 4.93. The van der Waals surface area contributed by atoms with E-state index in [1.54, 1.807) is 0 Å². The Labute approximate surface area is 112 Å². The Kier molecular flexibility index (Phi) is 3.97. The molecule has 0 fully saturated rings. The van der Waals surface area contributed by atoms with Crippen LogP contribution in [0.3, 0.4) is 0 Å². The highest BCUT2D eigenvalue weighted by atomic mass is 35.5. The number of hydrogen-bond acceptors (Lipinski definition) is 3. The summed E-state index contributed by atoms with van der Waals surface area (Å²) in [6.07, 6.45) is 6.40. The van der Waals surface area contributed by atoms with Crippen LogP contribution < -0.4 is 0 Å². The van der Waals surface area contributed by atoms with Gasteiger partial charge in [0, 0.05) is 23.9 Å². The minimum absolute atomic E-state index is 0.281. The van der Waals surface area contributed by atoms with Crippen LogP contribution in [-0.2, 0) is 6.54 Å². The molecule has 18 heavy (non-hydrogen) atoms. The second kappa shape index (κ2) is 5.48. The molecule has 2 rings (SSSR count). The number of aryl methyl sites for hydroxylation is 1. The van der Waals surface area contributed by atoms with E-state index in [0.29, 0.717) is 5.15 Å². The van der Waals surface area contributed by atoms with Gasteiger partial charge in [-0.25, -0.2) is 9.97 Å². The van der Waals surface area contributed by atoms with E-state index in [1.165, 1.54) is 6.33 Å². The van der Waals surface area contributed by atoms with Gasteiger partial charge in [-0.3, -0.25) is 4.68 Å². The van der Waals surface area contributed by atoms with Crippen molar-refractivity contribution in [1.82, 2.24) is 19.7 Å². The van der Waals surface area contributed by atoms with Crippen LogP contribution in [0.25, 0.3) is 11.3 Å². The molecule has 0 spiro atoms. The minimum atomic E-state index is 0.281. The summed E-state index contributed by atoms with van der Waals surface area (Å²) in [6.45, 7) is 7.22. The van der Waals surface area contributed by atoms with Crippen molar-refractivity contribution in [2.75, 3.05) is 0 Å². The zero-order valence-corrected chi connectivity index (χ0v) is 11.6. The first-order valence-electron chi connectivity index (χ1n) is 6.16. The van der Waals surface area contributed by atoms with Crippen molar-refractivity contribution in [2.45, 2.75) is 39.7 Å². The molecule has 4 nitrogen and oxygen atoms in total. The summed E-state index contributed by atoms with van der Waals surface area (Å²) in [5, 5.41) is 4.85. The summed E-state index contributed by atoms with van der Waals surface area (Å²) in [5.74, 6) is 0.281. The molecule has 0 aliphatic carbocycles. The van der Waals surface area contributed by atoms with Crippen molar-refractivity contribution < 1.29 is 0 Å². The van der Waals surface area contributed by atoms with E-state index in [2.05, 4.69) is 35.8 Å². The molecule has 2 aromatic rings. The third-order valence-electron chi connectivity index (χ3n) is 2.77. The number of hydrogen-bond donors (Lipinski definition) is 0. The molecule has 0 aliphatic heterocycles. The quantitative estimate of drug-likeness (QED) is 0.794. The smallest absolute Gasteiger partial charge is 0.136 e. The number of nitrogens with zero attached hydrogens (tertiary/aromatic N) is 4. The standard InChI is InChI=1S/C13H17ClN4/c1-4-5-18-7-10(6-17-18)12-11(9(2)3)13(14)16-8-15-12/h6-9H,4-5H2,1-3H3. The Hall–Kier alpha value is -1.42. The summed E-state index contributed by atoms with van der Waals surface area (Å²) in [4.78, 5) is 8.41. The molecule has 2 heterocycles. The summed E-state index contributed by atoms with van der Waals surface area (Å²) in [5.41, 5.74) is 2.86. The third-order valence-corrected chi connectivity index (χ3v) is 3.07. The number of rotatable bonds is 4. The fraction of sp³-hybridized carbons (Fsp3) is 0.462. The molecule has 0 saturated carbocycles. The topological polar surface area (TPSA) is 43.6 Å². The van der Waals surface area contributed by atoms with E-state index in [0.717, 1.165) is 29.8 Å². The molecule has 0 radical (unpaired) electrons. The van der Waals surface area contributed by atoms with Gasteiger partial charge in [-0.05, 0) is 12.3 Å². The Morgan fingerprint density at radius 3 is 2.78 bits per heavy atom. The first-order chi connectivity index (χ1) is 8.63. The van der Waals surface area contributed by atoms with Crippen LogP contribution in [0.2, 0.25) is 5.15 Å². The highest BCUT2D eigenvalue weighted by molar-refractivity contribution is 6.30. The summed E-state index contributed by atoms with van der Waals surface area (Å²) in [6, 6.07) is 0. The fourth-order valence-corrected chi connectivity index (χ4v) is 2.30. The summed E-state index contributed by atoms with van der Waals surface area (Å²) < 4.78 is 1.93. The van der Waals surface area contributed by atoms with E-state index < -0.39 is 0 Å². The van der Waals surface area contributed by atoms with Gasteiger partial charge in [0.15, 0.2) is 0 Å². The van der Waals surface area contributed by atoms with E-state index in [-0.39, 0.29) is 5.92 Å². The average molecular weight is 265 g/mol. The van der Waals surface area contributed by atoms with Crippen molar-refractivity contribution in [1.29, 1.82) is 0 Å². The molecule has 0 saturated heterocycles. The Balaban J connectivity index is 2.46. The largest absolute Gasteiger partial charge is 0.272 e. The van der Waals surface area contributed by atoms with Crippen LogP contribution >= 0.6 is 11.6 Å². The molecule has 5 heteroatoms. The molecule has 0 atom stereocenters. The Morgan fingerprint density at radius 1 is 1.33 bits per heavy atom. The van der Waals surface area contributed by atoms with Crippen LogP contribution in [-0.4, -0.2) is 19.7 Å². The van der Waals surface area contributed by atoms with Crippen molar-refractivity contribution in [3.63, 3.8) is 0 Å². The summed E-state index contributed by atoms with van der Waals surface area (Å²) >= 11 is 6.16. The molecule has 0 N–H and O–H groups in total. The average Bonchev–Trinajstić information content (AvgIpc) is 2.77. The van der Waals surface area contributed by atoms with Crippen LogP contribution in [0.4, 0.5) is 0 Å². The molecular weight excluding hydrogens is 248 g/mol. The van der Waals surface area contributed by atoms with Gasteiger partial charge in [0.25, 0.3) is 0 Å².